The van der Waals surface area contributed by atoms with Crippen LogP contribution < -0.4 is 5.32 Å². The van der Waals surface area contributed by atoms with Crippen LogP contribution in [0, 0.1) is 0 Å². The van der Waals surface area contributed by atoms with E-state index in [9.17, 15) is 14.7 Å². The molecule has 1 heterocycles. The second kappa shape index (κ2) is 15.8. The fourth-order valence-corrected chi connectivity index (χ4v) is 5.78. The van der Waals surface area contributed by atoms with E-state index in [0.29, 0.717) is 13.0 Å². The largest absolute Gasteiger partial charge is 0.481 e. The van der Waals surface area contributed by atoms with Crippen LogP contribution in [0.1, 0.15) is 72.4 Å². The van der Waals surface area contributed by atoms with E-state index in [1.165, 1.54) is 5.56 Å². The summed E-state index contributed by atoms with van der Waals surface area (Å²) < 4.78 is 13.2. The van der Waals surface area contributed by atoms with E-state index < -0.39 is 12.3 Å². The molecule has 1 fully saturated rings. The number of rotatable bonds is 13. The van der Waals surface area contributed by atoms with Gasteiger partial charge in [0.25, 0.3) is 0 Å². The predicted octanol–water partition coefficient (Wildman–Crippen LogP) is 6.57. The third-order valence-electron chi connectivity index (χ3n) is 8.60. The van der Waals surface area contributed by atoms with Crippen molar-refractivity contribution in [3.05, 3.63) is 131 Å². The molecule has 4 aromatic rings. The van der Waals surface area contributed by atoms with Gasteiger partial charge < -0.3 is 25.0 Å². The lowest BCUT2D eigenvalue weighted by Crippen LogP contribution is -2.38. The Morgan fingerprint density at radius 2 is 1.54 bits per heavy atom. The van der Waals surface area contributed by atoms with Gasteiger partial charge in [0.1, 0.15) is 0 Å². The fraction of sp³-hybridized carbons (Fsp3) is 0.316. The highest BCUT2D eigenvalue weighted by Gasteiger charge is 2.33. The third-order valence-corrected chi connectivity index (χ3v) is 8.60. The maximum Gasteiger partial charge on any atom is 0.303 e. The minimum atomic E-state index is -0.993. The second-order valence-corrected chi connectivity index (χ2v) is 11.8. The van der Waals surface area contributed by atoms with Gasteiger partial charge >= 0.3 is 5.97 Å². The Bertz CT molecular complexity index is 1580. The zero-order valence-corrected chi connectivity index (χ0v) is 26.3. The smallest absolute Gasteiger partial charge is 0.303 e. The standard InChI is InChI=1S/C38H42N2O6/c1-26(28-8-4-3-5-9-28)40(2)24-33-22-35(30-14-12-27(25-41)13-15-30)46-38(45-33)31-18-16-29(17-19-31)34-11-7-6-10-32(34)23-39-36(42)20-21-37(43)44/h3-19,26,33,35,38,41H,20-25H2,1-2H3,(H,39,42)(H,43,44)/t26-,33+,35-,38-/m0/s1. The lowest BCUT2D eigenvalue weighted by Gasteiger charge is -2.39. The molecule has 0 spiro atoms. The number of aliphatic carboxylic acids is 1. The quantitative estimate of drug-likeness (QED) is 0.155. The normalized spacial score (nSPS) is 18.7. The topological polar surface area (TPSA) is 108 Å². The van der Waals surface area contributed by atoms with E-state index in [1.54, 1.807) is 0 Å². The average molecular weight is 623 g/mol. The number of carbonyl (C=O) groups is 2. The molecule has 4 atom stereocenters. The van der Waals surface area contributed by atoms with Gasteiger partial charge in [-0.25, -0.2) is 0 Å². The number of carboxylic acid groups (broad SMARTS) is 1. The number of hydrogen-bond acceptors (Lipinski definition) is 6. The van der Waals surface area contributed by atoms with Gasteiger partial charge in [0.05, 0.1) is 25.2 Å². The van der Waals surface area contributed by atoms with Crippen molar-refractivity contribution in [3.63, 3.8) is 0 Å². The molecule has 1 saturated heterocycles. The van der Waals surface area contributed by atoms with Crippen molar-refractivity contribution in [2.24, 2.45) is 0 Å². The van der Waals surface area contributed by atoms with Gasteiger partial charge in [-0.1, -0.05) is 103 Å². The molecule has 8 heteroatoms. The first-order valence-electron chi connectivity index (χ1n) is 15.7. The highest BCUT2D eigenvalue weighted by molar-refractivity contribution is 5.80. The molecule has 5 rings (SSSR count). The molecular weight excluding hydrogens is 580 g/mol. The Labute approximate surface area is 270 Å². The lowest BCUT2D eigenvalue weighted by atomic mass is 9.97. The first-order chi connectivity index (χ1) is 22.3. The summed E-state index contributed by atoms with van der Waals surface area (Å²) in [5.41, 5.74) is 6.96. The molecule has 0 saturated carbocycles. The average Bonchev–Trinajstić information content (AvgIpc) is 3.10. The number of carboxylic acids is 1. The maximum atomic E-state index is 12.1. The van der Waals surface area contributed by atoms with Crippen molar-refractivity contribution < 1.29 is 29.3 Å². The Balaban J connectivity index is 1.33. The summed E-state index contributed by atoms with van der Waals surface area (Å²) in [6.45, 7) is 3.23. The SMILES string of the molecule is C[C@@H](c1ccccc1)N(C)C[C@H]1C[C@@H](c2ccc(CO)cc2)O[C@@H](c2ccc(-c3ccccc3CNC(=O)CCC(=O)O)cc2)O1. The molecule has 240 valence electrons. The molecule has 1 aliphatic heterocycles. The van der Waals surface area contributed by atoms with Crippen LogP contribution in [0.3, 0.4) is 0 Å². The summed E-state index contributed by atoms with van der Waals surface area (Å²) in [4.78, 5) is 25.3. The number of benzene rings is 4. The van der Waals surface area contributed by atoms with E-state index in [-0.39, 0.29) is 43.6 Å². The molecule has 1 amide bonds. The number of nitrogens with zero attached hydrogens (tertiary/aromatic N) is 1. The van der Waals surface area contributed by atoms with Crippen molar-refractivity contribution in [2.45, 2.75) is 63.9 Å². The second-order valence-electron chi connectivity index (χ2n) is 11.8. The van der Waals surface area contributed by atoms with Crippen LogP contribution in [0.5, 0.6) is 0 Å². The lowest BCUT2D eigenvalue weighted by molar-refractivity contribution is -0.253. The summed E-state index contributed by atoms with van der Waals surface area (Å²) in [5.74, 6) is -1.29. The van der Waals surface area contributed by atoms with Crippen LogP contribution >= 0.6 is 0 Å². The van der Waals surface area contributed by atoms with Crippen LogP contribution in [0.4, 0.5) is 0 Å². The monoisotopic (exact) mass is 622 g/mol. The molecule has 8 nitrogen and oxygen atoms in total. The highest BCUT2D eigenvalue weighted by atomic mass is 16.7. The molecule has 0 bridgehead atoms. The number of likely N-dealkylation sites (N-methyl/N-ethyl adjacent to an activating group) is 1. The summed E-state index contributed by atoms with van der Waals surface area (Å²) >= 11 is 0. The summed E-state index contributed by atoms with van der Waals surface area (Å²) in [5, 5.41) is 21.2. The van der Waals surface area contributed by atoms with Crippen molar-refractivity contribution in [1.29, 1.82) is 0 Å². The van der Waals surface area contributed by atoms with Crippen LogP contribution in [-0.4, -0.2) is 46.7 Å². The molecule has 3 N–H and O–H groups in total. The van der Waals surface area contributed by atoms with E-state index in [2.05, 4.69) is 48.5 Å². The van der Waals surface area contributed by atoms with Crippen LogP contribution in [0.25, 0.3) is 11.1 Å². The number of nitrogens with one attached hydrogen (secondary N) is 1. The van der Waals surface area contributed by atoms with Gasteiger partial charge in [0.2, 0.25) is 5.91 Å². The van der Waals surface area contributed by atoms with E-state index in [0.717, 1.165) is 39.9 Å². The molecule has 46 heavy (non-hydrogen) atoms. The minimum absolute atomic E-state index is 0.00506. The third kappa shape index (κ3) is 8.68. The van der Waals surface area contributed by atoms with Crippen molar-refractivity contribution >= 4 is 11.9 Å². The van der Waals surface area contributed by atoms with E-state index in [4.69, 9.17) is 14.6 Å². The van der Waals surface area contributed by atoms with Crippen LogP contribution in [0.15, 0.2) is 103 Å². The zero-order chi connectivity index (χ0) is 32.5. The van der Waals surface area contributed by atoms with Gasteiger partial charge in [-0.3, -0.25) is 14.5 Å². The molecule has 1 aliphatic rings. The number of aliphatic hydroxyl groups excluding tert-OH is 1. The molecular formula is C38H42N2O6. The Hall–Kier alpha value is -4.34. The van der Waals surface area contributed by atoms with Gasteiger partial charge in [-0.15, -0.1) is 0 Å². The molecule has 0 radical (unpaired) electrons. The van der Waals surface area contributed by atoms with E-state index >= 15 is 0 Å². The fourth-order valence-electron chi connectivity index (χ4n) is 5.78. The van der Waals surface area contributed by atoms with Gasteiger partial charge in [0, 0.05) is 37.5 Å². The Morgan fingerprint density at radius 1 is 0.870 bits per heavy atom. The summed E-state index contributed by atoms with van der Waals surface area (Å²) in [6, 6.07) is 34.5. The Morgan fingerprint density at radius 3 is 2.24 bits per heavy atom. The van der Waals surface area contributed by atoms with Crippen LogP contribution in [-0.2, 0) is 32.2 Å². The number of amides is 1. The molecule has 0 aromatic heterocycles. The summed E-state index contributed by atoms with van der Waals surface area (Å²) in [6.07, 6.45) is -0.380. The molecule has 0 aliphatic carbocycles. The van der Waals surface area contributed by atoms with Crippen molar-refractivity contribution in [2.75, 3.05) is 13.6 Å². The van der Waals surface area contributed by atoms with Gasteiger partial charge in [0.15, 0.2) is 6.29 Å². The highest BCUT2D eigenvalue weighted by Crippen LogP contribution is 2.39. The molecule has 4 aromatic carbocycles. The zero-order valence-electron chi connectivity index (χ0n) is 26.3. The Kier molecular flexibility index (Phi) is 11.3. The van der Waals surface area contributed by atoms with E-state index in [1.807, 2.05) is 78.9 Å². The van der Waals surface area contributed by atoms with Crippen LogP contribution in [0.2, 0.25) is 0 Å². The van der Waals surface area contributed by atoms with Gasteiger partial charge in [-0.05, 0) is 47.4 Å². The van der Waals surface area contributed by atoms with Crippen molar-refractivity contribution in [3.8, 4) is 11.1 Å². The maximum absolute atomic E-state index is 12.1. The number of carbonyl (C=O) groups excluding carboxylic acids is 1. The first kappa shape index (κ1) is 33.0. The summed E-state index contributed by atoms with van der Waals surface area (Å²) in [7, 11) is 2.12. The number of hydrogen-bond donors (Lipinski definition) is 3. The van der Waals surface area contributed by atoms with Crippen molar-refractivity contribution in [1.82, 2.24) is 10.2 Å². The number of aliphatic hydroxyl groups is 1. The van der Waals surface area contributed by atoms with Gasteiger partial charge in [-0.2, -0.15) is 0 Å². The molecule has 0 unspecified atom stereocenters. The first-order valence-corrected chi connectivity index (χ1v) is 15.7. The number of ether oxygens (including phenoxy) is 2. The predicted molar refractivity (Wildman–Crippen MR) is 177 cm³/mol. The minimum Gasteiger partial charge on any atom is -0.481 e.